The van der Waals surface area contributed by atoms with Gasteiger partial charge in [0.25, 0.3) is 5.91 Å². The highest BCUT2D eigenvalue weighted by Crippen LogP contribution is 2.28. The van der Waals surface area contributed by atoms with Crippen molar-refractivity contribution in [3.63, 3.8) is 0 Å². The van der Waals surface area contributed by atoms with Gasteiger partial charge in [-0.25, -0.2) is 0 Å². The number of rotatable bonds is 2. The minimum Gasteiger partial charge on any atom is -0.385 e. The van der Waals surface area contributed by atoms with Gasteiger partial charge in [0.1, 0.15) is 0 Å². The summed E-state index contributed by atoms with van der Waals surface area (Å²) < 4.78 is 0. The molecule has 0 aromatic heterocycles. The van der Waals surface area contributed by atoms with Gasteiger partial charge < -0.3 is 10.6 Å². The van der Waals surface area contributed by atoms with E-state index in [0.717, 1.165) is 30.8 Å². The van der Waals surface area contributed by atoms with Crippen LogP contribution in [0.5, 0.6) is 0 Å². The van der Waals surface area contributed by atoms with Crippen molar-refractivity contribution in [1.82, 2.24) is 0 Å². The minimum atomic E-state index is -0.258. The van der Waals surface area contributed by atoms with Crippen molar-refractivity contribution in [3.8, 4) is 0 Å². The number of aryl methyl sites for hydroxylation is 1. The maximum Gasteiger partial charge on any atom is 0.257 e. The number of halogens is 2. The van der Waals surface area contributed by atoms with Gasteiger partial charge in [-0.05, 0) is 48.7 Å². The van der Waals surface area contributed by atoms with Crippen molar-refractivity contribution in [1.29, 1.82) is 0 Å². The van der Waals surface area contributed by atoms with Gasteiger partial charge in [0, 0.05) is 17.9 Å². The number of amides is 1. The highest BCUT2D eigenvalue weighted by Gasteiger charge is 2.14. The molecule has 1 heterocycles. The molecule has 0 fully saturated rings. The number of nitrogens with one attached hydrogen (secondary N) is 2. The van der Waals surface area contributed by atoms with Crippen LogP contribution in [0.4, 0.5) is 11.4 Å². The molecule has 1 aliphatic heterocycles. The third-order valence-electron chi connectivity index (χ3n) is 3.50. The van der Waals surface area contributed by atoms with Gasteiger partial charge in [-0.1, -0.05) is 29.3 Å². The van der Waals surface area contributed by atoms with Crippen molar-refractivity contribution in [2.45, 2.75) is 12.8 Å². The van der Waals surface area contributed by atoms with Crippen LogP contribution >= 0.6 is 23.2 Å². The summed E-state index contributed by atoms with van der Waals surface area (Å²) in [6.45, 7) is 0.997. The average molecular weight is 321 g/mol. The Balaban J connectivity index is 1.83. The third kappa shape index (κ3) is 2.99. The average Bonchev–Trinajstić information content (AvgIpc) is 2.50. The van der Waals surface area contributed by atoms with Gasteiger partial charge in [0.15, 0.2) is 0 Å². The van der Waals surface area contributed by atoms with Crippen LogP contribution < -0.4 is 10.6 Å². The van der Waals surface area contributed by atoms with Crippen LogP contribution in [0.1, 0.15) is 22.3 Å². The second-order valence-corrected chi connectivity index (χ2v) is 5.74. The van der Waals surface area contributed by atoms with Gasteiger partial charge in [-0.3, -0.25) is 4.79 Å². The summed E-state index contributed by atoms with van der Waals surface area (Å²) in [6, 6.07) is 10.9. The van der Waals surface area contributed by atoms with Crippen molar-refractivity contribution in [3.05, 3.63) is 57.6 Å². The molecule has 0 bridgehead atoms. The second kappa shape index (κ2) is 5.96. The molecular formula is C16H14Cl2N2O. The molecule has 0 saturated heterocycles. The Kier molecular flexibility index (Phi) is 4.04. The van der Waals surface area contributed by atoms with E-state index in [-0.39, 0.29) is 10.9 Å². The highest BCUT2D eigenvalue weighted by molar-refractivity contribution is 6.44. The van der Waals surface area contributed by atoms with Crippen LogP contribution in [0.2, 0.25) is 10.0 Å². The van der Waals surface area contributed by atoms with Gasteiger partial charge in [-0.15, -0.1) is 0 Å². The molecule has 21 heavy (non-hydrogen) atoms. The molecule has 0 aliphatic carbocycles. The Bertz CT molecular complexity index is 701. The molecule has 1 amide bonds. The summed E-state index contributed by atoms with van der Waals surface area (Å²) in [7, 11) is 0. The van der Waals surface area contributed by atoms with Crippen LogP contribution in [-0.4, -0.2) is 12.5 Å². The molecule has 108 valence electrons. The SMILES string of the molecule is O=C(Nc1ccc2c(c1)CCCN2)c1cccc(Cl)c1Cl. The first-order valence-electron chi connectivity index (χ1n) is 6.77. The zero-order valence-electron chi connectivity index (χ0n) is 11.2. The lowest BCUT2D eigenvalue weighted by Gasteiger charge is -2.19. The van der Waals surface area contributed by atoms with E-state index in [2.05, 4.69) is 10.6 Å². The zero-order chi connectivity index (χ0) is 14.8. The number of carbonyl (C=O) groups is 1. The van der Waals surface area contributed by atoms with Crippen LogP contribution in [0.3, 0.4) is 0 Å². The predicted molar refractivity (Wildman–Crippen MR) is 87.7 cm³/mol. The Morgan fingerprint density at radius 1 is 1.19 bits per heavy atom. The fraction of sp³-hybridized carbons (Fsp3) is 0.188. The lowest BCUT2D eigenvalue weighted by atomic mass is 10.0. The van der Waals surface area contributed by atoms with E-state index in [1.165, 1.54) is 5.56 Å². The summed E-state index contributed by atoms with van der Waals surface area (Å²) in [5, 5.41) is 6.86. The summed E-state index contributed by atoms with van der Waals surface area (Å²) in [5.74, 6) is -0.258. The Labute approximate surface area is 133 Å². The summed E-state index contributed by atoms with van der Waals surface area (Å²) >= 11 is 12.0. The van der Waals surface area contributed by atoms with E-state index in [1.807, 2.05) is 18.2 Å². The van der Waals surface area contributed by atoms with E-state index in [1.54, 1.807) is 18.2 Å². The van der Waals surface area contributed by atoms with Crippen molar-refractivity contribution in [2.75, 3.05) is 17.2 Å². The monoisotopic (exact) mass is 320 g/mol. The first kappa shape index (κ1) is 14.2. The summed E-state index contributed by atoms with van der Waals surface area (Å²) in [5.41, 5.74) is 3.50. The second-order valence-electron chi connectivity index (χ2n) is 4.96. The predicted octanol–water partition coefficient (Wildman–Crippen LogP) is 4.60. The first-order chi connectivity index (χ1) is 10.1. The fourth-order valence-corrected chi connectivity index (χ4v) is 2.82. The lowest BCUT2D eigenvalue weighted by Crippen LogP contribution is -2.15. The Hall–Kier alpha value is -1.71. The van der Waals surface area contributed by atoms with Crippen LogP contribution in [0.25, 0.3) is 0 Å². The molecule has 0 spiro atoms. The first-order valence-corrected chi connectivity index (χ1v) is 7.53. The normalized spacial score (nSPS) is 13.2. The quantitative estimate of drug-likeness (QED) is 0.848. The van der Waals surface area contributed by atoms with Gasteiger partial charge in [-0.2, -0.15) is 0 Å². The fourth-order valence-electron chi connectivity index (χ4n) is 2.43. The molecular weight excluding hydrogens is 307 g/mol. The smallest absolute Gasteiger partial charge is 0.257 e. The molecule has 2 aromatic carbocycles. The van der Waals surface area contributed by atoms with Gasteiger partial charge in [0.05, 0.1) is 15.6 Å². The molecule has 0 unspecified atom stereocenters. The van der Waals surface area contributed by atoms with Crippen LogP contribution in [0, 0.1) is 0 Å². The lowest BCUT2D eigenvalue weighted by molar-refractivity contribution is 0.102. The van der Waals surface area contributed by atoms with Gasteiger partial charge >= 0.3 is 0 Å². The van der Waals surface area contributed by atoms with Crippen molar-refractivity contribution < 1.29 is 4.79 Å². The molecule has 2 aromatic rings. The standard InChI is InChI=1S/C16H14Cl2N2O/c17-13-5-1-4-12(15(13)18)16(21)20-11-6-7-14-10(9-11)3-2-8-19-14/h1,4-7,9,19H,2-3,8H2,(H,20,21). The molecule has 3 rings (SSSR count). The Morgan fingerprint density at radius 3 is 2.90 bits per heavy atom. The van der Waals surface area contributed by atoms with E-state index in [9.17, 15) is 4.79 Å². The van der Waals surface area contributed by atoms with E-state index >= 15 is 0 Å². The number of fused-ring (bicyclic) bond motifs is 1. The van der Waals surface area contributed by atoms with Gasteiger partial charge in [0.2, 0.25) is 0 Å². The number of hydrogen-bond acceptors (Lipinski definition) is 2. The van der Waals surface area contributed by atoms with E-state index in [0.29, 0.717) is 10.6 Å². The largest absolute Gasteiger partial charge is 0.385 e. The molecule has 0 atom stereocenters. The molecule has 0 saturated carbocycles. The molecule has 2 N–H and O–H groups in total. The minimum absolute atomic E-state index is 0.258. The molecule has 3 nitrogen and oxygen atoms in total. The molecule has 0 radical (unpaired) electrons. The Morgan fingerprint density at radius 2 is 2.05 bits per heavy atom. The summed E-state index contributed by atoms with van der Waals surface area (Å²) in [6.07, 6.45) is 2.12. The molecule has 1 aliphatic rings. The maximum atomic E-state index is 12.3. The number of benzene rings is 2. The molecule has 5 heteroatoms. The topological polar surface area (TPSA) is 41.1 Å². The maximum absolute atomic E-state index is 12.3. The highest BCUT2D eigenvalue weighted by atomic mass is 35.5. The van der Waals surface area contributed by atoms with Crippen molar-refractivity contribution in [2.24, 2.45) is 0 Å². The van der Waals surface area contributed by atoms with Crippen LogP contribution in [-0.2, 0) is 6.42 Å². The summed E-state index contributed by atoms with van der Waals surface area (Å²) in [4.78, 5) is 12.3. The number of hydrogen-bond donors (Lipinski definition) is 2. The van der Waals surface area contributed by atoms with E-state index in [4.69, 9.17) is 23.2 Å². The van der Waals surface area contributed by atoms with Crippen molar-refractivity contribution >= 4 is 40.5 Å². The van der Waals surface area contributed by atoms with Crippen LogP contribution in [0.15, 0.2) is 36.4 Å². The van der Waals surface area contributed by atoms with E-state index < -0.39 is 0 Å². The third-order valence-corrected chi connectivity index (χ3v) is 4.32. The number of carbonyl (C=O) groups excluding carboxylic acids is 1. The number of anilines is 2. The zero-order valence-corrected chi connectivity index (χ0v) is 12.8.